The molecule has 0 heterocycles. The van der Waals surface area contributed by atoms with Crippen LogP contribution in [0.5, 0.6) is 0 Å². The van der Waals surface area contributed by atoms with E-state index in [-0.39, 0.29) is 5.78 Å². The monoisotopic (exact) mass is 300 g/mol. The Morgan fingerprint density at radius 3 is 2.86 bits per heavy atom. The highest BCUT2D eigenvalue weighted by molar-refractivity contribution is 5.95. The Bertz CT molecular complexity index is 563. The van der Waals surface area contributed by atoms with E-state index < -0.39 is 0 Å². The van der Waals surface area contributed by atoms with Gasteiger partial charge in [-0.15, -0.1) is 0 Å². The number of nitriles is 1. The zero-order valence-corrected chi connectivity index (χ0v) is 13.4. The van der Waals surface area contributed by atoms with Crippen molar-refractivity contribution in [2.45, 2.75) is 45.6 Å². The van der Waals surface area contributed by atoms with Crippen molar-refractivity contribution >= 4 is 11.5 Å². The lowest BCUT2D eigenvalue weighted by molar-refractivity contribution is 0.000392. The third-order valence-corrected chi connectivity index (χ3v) is 4.33. The van der Waals surface area contributed by atoms with Crippen LogP contribution in [0.1, 0.15) is 55.5 Å². The molecule has 1 fully saturated rings. The molecular weight excluding hydrogens is 276 g/mol. The molecule has 1 saturated carbocycles. The van der Waals surface area contributed by atoms with Gasteiger partial charge in [-0.3, -0.25) is 4.79 Å². The standard InChI is InChI=1S/C18H24N2O2/c1-13-5-3-4-6-18(13)22-10-9-20-17-11-15(14(2)21)7-8-16(17)12-19/h7-8,11,13,18,20H,3-6,9-10H2,1-2H3. The van der Waals surface area contributed by atoms with Gasteiger partial charge in [-0.1, -0.05) is 19.8 Å². The Kier molecular flexibility index (Phi) is 5.97. The van der Waals surface area contributed by atoms with E-state index in [2.05, 4.69) is 18.3 Å². The van der Waals surface area contributed by atoms with Crippen molar-refractivity contribution in [1.82, 2.24) is 0 Å². The first-order chi connectivity index (χ1) is 10.6. The van der Waals surface area contributed by atoms with E-state index in [0.717, 1.165) is 6.42 Å². The number of hydrogen-bond acceptors (Lipinski definition) is 4. The highest BCUT2D eigenvalue weighted by Gasteiger charge is 2.21. The second-order valence-corrected chi connectivity index (χ2v) is 6.03. The van der Waals surface area contributed by atoms with Crippen LogP contribution in [0.15, 0.2) is 18.2 Å². The normalized spacial score (nSPS) is 21.1. The molecule has 0 radical (unpaired) electrons. The maximum atomic E-state index is 11.4. The SMILES string of the molecule is CC(=O)c1ccc(C#N)c(NCCOC2CCCCC2C)c1. The number of benzene rings is 1. The van der Waals surface area contributed by atoms with Crippen LogP contribution < -0.4 is 5.32 Å². The molecule has 4 heteroatoms. The third kappa shape index (κ3) is 4.32. The zero-order chi connectivity index (χ0) is 15.9. The number of nitrogens with zero attached hydrogens (tertiary/aromatic N) is 1. The quantitative estimate of drug-likeness (QED) is 0.641. The molecule has 4 nitrogen and oxygen atoms in total. The molecular formula is C18H24N2O2. The molecule has 0 amide bonds. The van der Waals surface area contributed by atoms with Crippen molar-refractivity contribution in [2.24, 2.45) is 5.92 Å². The number of carbonyl (C=O) groups excluding carboxylic acids is 1. The Hall–Kier alpha value is -1.86. The summed E-state index contributed by atoms with van der Waals surface area (Å²) >= 11 is 0. The molecule has 118 valence electrons. The molecule has 0 bridgehead atoms. The topological polar surface area (TPSA) is 62.1 Å². The van der Waals surface area contributed by atoms with E-state index in [4.69, 9.17) is 10.00 Å². The average Bonchev–Trinajstić information content (AvgIpc) is 2.52. The summed E-state index contributed by atoms with van der Waals surface area (Å²) in [5.74, 6) is 0.629. The summed E-state index contributed by atoms with van der Waals surface area (Å²) in [7, 11) is 0. The molecule has 1 aromatic rings. The molecule has 2 unspecified atom stereocenters. The summed E-state index contributed by atoms with van der Waals surface area (Å²) < 4.78 is 5.96. The van der Waals surface area contributed by atoms with Gasteiger partial charge in [0.25, 0.3) is 0 Å². The van der Waals surface area contributed by atoms with Gasteiger partial charge in [0.2, 0.25) is 0 Å². The lowest BCUT2D eigenvalue weighted by Gasteiger charge is -2.28. The highest BCUT2D eigenvalue weighted by Crippen LogP contribution is 2.26. The third-order valence-electron chi connectivity index (χ3n) is 4.33. The van der Waals surface area contributed by atoms with Crippen molar-refractivity contribution < 1.29 is 9.53 Å². The number of nitrogens with one attached hydrogen (secondary N) is 1. The van der Waals surface area contributed by atoms with Crippen LogP contribution in [0.2, 0.25) is 0 Å². The zero-order valence-electron chi connectivity index (χ0n) is 13.4. The van der Waals surface area contributed by atoms with Crippen LogP contribution in [-0.2, 0) is 4.74 Å². The van der Waals surface area contributed by atoms with Crippen LogP contribution in [0.3, 0.4) is 0 Å². The van der Waals surface area contributed by atoms with Crippen LogP contribution >= 0.6 is 0 Å². The summed E-state index contributed by atoms with van der Waals surface area (Å²) in [5, 5.41) is 12.4. The van der Waals surface area contributed by atoms with Gasteiger partial charge in [-0.25, -0.2) is 0 Å². The van der Waals surface area contributed by atoms with Crippen molar-refractivity contribution in [2.75, 3.05) is 18.5 Å². The molecule has 0 aliphatic heterocycles. The number of rotatable bonds is 6. The molecule has 0 spiro atoms. The Morgan fingerprint density at radius 2 is 2.18 bits per heavy atom. The summed E-state index contributed by atoms with van der Waals surface area (Å²) in [5.41, 5.74) is 1.87. The fraction of sp³-hybridized carbons (Fsp3) is 0.556. The number of Topliss-reactive ketones (excluding diaryl/α,β-unsaturated/α-hetero) is 1. The largest absolute Gasteiger partial charge is 0.382 e. The Morgan fingerprint density at radius 1 is 1.41 bits per heavy atom. The summed E-state index contributed by atoms with van der Waals surface area (Å²) in [4.78, 5) is 11.4. The second-order valence-electron chi connectivity index (χ2n) is 6.03. The van der Waals surface area contributed by atoms with E-state index in [0.29, 0.717) is 42.0 Å². The molecule has 2 rings (SSSR count). The smallest absolute Gasteiger partial charge is 0.159 e. The van der Waals surface area contributed by atoms with E-state index in [9.17, 15) is 4.79 Å². The summed E-state index contributed by atoms with van der Waals surface area (Å²) in [6, 6.07) is 7.26. The van der Waals surface area contributed by atoms with Crippen LogP contribution in [0.25, 0.3) is 0 Å². The van der Waals surface area contributed by atoms with Gasteiger partial charge in [0, 0.05) is 12.1 Å². The average molecular weight is 300 g/mol. The first kappa shape index (κ1) is 16.5. The summed E-state index contributed by atoms with van der Waals surface area (Å²) in [6.07, 6.45) is 5.31. The maximum Gasteiger partial charge on any atom is 0.159 e. The molecule has 0 aromatic heterocycles. The fourth-order valence-electron chi connectivity index (χ4n) is 2.93. The van der Waals surface area contributed by atoms with Gasteiger partial charge in [0.05, 0.1) is 24.0 Å². The first-order valence-electron chi connectivity index (χ1n) is 8.02. The van der Waals surface area contributed by atoms with Gasteiger partial charge < -0.3 is 10.1 Å². The predicted molar refractivity (Wildman–Crippen MR) is 87.0 cm³/mol. The fourth-order valence-corrected chi connectivity index (χ4v) is 2.93. The first-order valence-corrected chi connectivity index (χ1v) is 8.02. The maximum absolute atomic E-state index is 11.4. The van der Waals surface area contributed by atoms with Crippen molar-refractivity contribution in [3.05, 3.63) is 29.3 Å². The van der Waals surface area contributed by atoms with Gasteiger partial charge in [-0.2, -0.15) is 5.26 Å². The van der Waals surface area contributed by atoms with E-state index in [1.807, 2.05) is 0 Å². The van der Waals surface area contributed by atoms with E-state index >= 15 is 0 Å². The summed E-state index contributed by atoms with van der Waals surface area (Å²) in [6.45, 7) is 5.03. The van der Waals surface area contributed by atoms with Crippen LogP contribution in [0, 0.1) is 17.2 Å². The molecule has 22 heavy (non-hydrogen) atoms. The van der Waals surface area contributed by atoms with E-state index in [1.54, 1.807) is 18.2 Å². The van der Waals surface area contributed by atoms with E-state index in [1.165, 1.54) is 26.2 Å². The molecule has 0 saturated heterocycles. The molecule has 1 aliphatic rings. The Labute approximate surface area is 132 Å². The number of anilines is 1. The molecule has 1 aromatic carbocycles. The predicted octanol–water partition coefficient (Wildman–Crippen LogP) is 3.77. The van der Waals surface area contributed by atoms with Crippen LogP contribution in [-0.4, -0.2) is 25.0 Å². The minimum atomic E-state index is -0.000166. The number of hydrogen-bond donors (Lipinski definition) is 1. The van der Waals surface area contributed by atoms with Crippen LogP contribution in [0.4, 0.5) is 5.69 Å². The van der Waals surface area contributed by atoms with Gasteiger partial charge >= 0.3 is 0 Å². The van der Waals surface area contributed by atoms with Gasteiger partial charge in [0.15, 0.2) is 5.78 Å². The van der Waals surface area contributed by atoms with Crippen molar-refractivity contribution in [3.63, 3.8) is 0 Å². The molecule has 1 N–H and O–H groups in total. The highest BCUT2D eigenvalue weighted by atomic mass is 16.5. The van der Waals surface area contributed by atoms with Gasteiger partial charge in [0.1, 0.15) is 6.07 Å². The molecule has 1 aliphatic carbocycles. The Balaban J connectivity index is 1.87. The number of carbonyl (C=O) groups is 1. The lowest BCUT2D eigenvalue weighted by atomic mass is 9.88. The minimum Gasteiger partial charge on any atom is -0.382 e. The number of ether oxygens (including phenoxy) is 1. The second kappa shape index (κ2) is 7.95. The lowest BCUT2D eigenvalue weighted by Crippen LogP contribution is -2.27. The van der Waals surface area contributed by atoms with Crippen molar-refractivity contribution in [1.29, 1.82) is 5.26 Å². The molecule has 2 atom stereocenters. The van der Waals surface area contributed by atoms with Gasteiger partial charge in [-0.05, 0) is 43.9 Å². The minimum absolute atomic E-state index is 0.000166. The number of ketones is 1. The van der Waals surface area contributed by atoms with Crippen molar-refractivity contribution in [3.8, 4) is 6.07 Å².